The second kappa shape index (κ2) is 16.9. The maximum atomic E-state index is 11.9. The molecule has 4 aromatic carbocycles. The van der Waals surface area contributed by atoms with Crippen LogP contribution < -0.4 is 15.8 Å². The van der Waals surface area contributed by atoms with E-state index in [0.717, 1.165) is 29.8 Å². The Hall–Kier alpha value is -5.37. The molecule has 228 valence electrons. The molecule has 0 fully saturated rings. The molecular formula is C36H41N5O3. The molecule has 0 radical (unpaired) electrons. The van der Waals surface area contributed by atoms with Crippen molar-refractivity contribution in [3.05, 3.63) is 131 Å². The van der Waals surface area contributed by atoms with Crippen molar-refractivity contribution < 1.29 is 15.0 Å². The number of carbonyl (C=O) groups is 1. The number of benzene rings is 4. The standard InChI is InChI=1S/C18H21N3O2.C18H20N2O/c1-3-21(4-2)16-9-5-14(6-10-16)13-19-20-18(23)15-7-11-17(22)12-8-15;1-13(2)16-6-4-15(5-7-16)12-19-20-14(3)17-8-10-18(21)11-9-17/h5-13,22H,3-4H2,1-2H3,(H,20,23);4-13,20-21H,3H2,1-2H3/b19-13+;19-12+. The lowest BCUT2D eigenvalue weighted by molar-refractivity contribution is 0.0955. The molecule has 44 heavy (non-hydrogen) atoms. The maximum absolute atomic E-state index is 11.9. The Morgan fingerprint density at radius 1 is 0.727 bits per heavy atom. The van der Waals surface area contributed by atoms with Crippen LogP contribution in [0.15, 0.2) is 114 Å². The zero-order valence-electron chi connectivity index (χ0n) is 25.7. The van der Waals surface area contributed by atoms with Gasteiger partial charge in [0.25, 0.3) is 5.91 Å². The lowest BCUT2D eigenvalue weighted by Gasteiger charge is -2.20. The molecule has 8 nitrogen and oxygen atoms in total. The van der Waals surface area contributed by atoms with E-state index in [1.807, 2.05) is 36.4 Å². The summed E-state index contributed by atoms with van der Waals surface area (Å²) in [5.74, 6) is 0.572. The second-order valence-electron chi connectivity index (χ2n) is 10.2. The molecule has 0 spiro atoms. The van der Waals surface area contributed by atoms with E-state index in [9.17, 15) is 15.0 Å². The molecule has 0 saturated carbocycles. The topological polar surface area (TPSA) is 110 Å². The van der Waals surface area contributed by atoms with Crippen molar-refractivity contribution in [1.29, 1.82) is 0 Å². The number of nitrogens with one attached hydrogen (secondary N) is 2. The fourth-order valence-electron chi connectivity index (χ4n) is 4.08. The highest BCUT2D eigenvalue weighted by molar-refractivity contribution is 5.95. The molecule has 4 N–H and O–H groups in total. The summed E-state index contributed by atoms with van der Waals surface area (Å²) >= 11 is 0. The quantitative estimate of drug-likeness (QED) is 0.110. The number of hydrazone groups is 2. The van der Waals surface area contributed by atoms with Crippen LogP contribution in [0.2, 0.25) is 0 Å². The summed E-state index contributed by atoms with van der Waals surface area (Å²) in [7, 11) is 0. The highest BCUT2D eigenvalue weighted by Gasteiger charge is 2.04. The summed E-state index contributed by atoms with van der Waals surface area (Å²) in [6.45, 7) is 14.4. The number of nitrogens with zero attached hydrogens (tertiary/aromatic N) is 3. The number of carbonyl (C=O) groups excluding carboxylic acids is 1. The summed E-state index contributed by atoms with van der Waals surface area (Å²) in [5, 5.41) is 26.6. The highest BCUT2D eigenvalue weighted by Crippen LogP contribution is 2.16. The zero-order chi connectivity index (χ0) is 31.9. The molecule has 4 rings (SSSR count). The van der Waals surface area contributed by atoms with Gasteiger partial charge in [-0.1, -0.05) is 56.8 Å². The Bertz CT molecular complexity index is 1520. The first-order valence-electron chi connectivity index (χ1n) is 14.5. The van der Waals surface area contributed by atoms with Crippen molar-refractivity contribution in [3.8, 4) is 11.5 Å². The van der Waals surface area contributed by atoms with Crippen LogP contribution in [-0.2, 0) is 0 Å². The first-order valence-corrected chi connectivity index (χ1v) is 14.5. The van der Waals surface area contributed by atoms with Crippen molar-refractivity contribution in [1.82, 2.24) is 10.9 Å². The van der Waals surface area contributed by atoms with Crippen LogP contribution in [0.3, 0.4) is 0 Å². The average Bonchev–Trinajstić information content (AvgIpc) is 3.03. The number of rotatable bonds is 11. The van der Waals surface area contributed by atoms with Gasteiger partial charge in [0.1, 0.15) is 11.5 Å². The first kappa shape index (κ1) is 33.1. The fourth-order valence-corrected chi connectivity index (χ4v) is 4.08. The molecule has 0 aliphatic rings. The van der Waals surface area contributed by atoms with Crippen LogP contribution >= 0.6 is 0 Å². The Kier molecular flexibility index (Phi) is 12.7. The maximum Gasteiger partial charge on any atom is 0.271 e. The van der Waals surface area contributed by atoms with Crippen molar-refractivity contribution in [3.63, 3.8) is 0 Å². The molecule has 4 aromatic rings. The van der Waals surface area contributed by atoms with Crippen LogP contribution in [0, 0.1) is 0 Å². The number of phenolic OH excluding ortho intramolecular Hbond substituents is 2. The van der Waals surface area contributed by atoms with Crippen molar-refractivity contribution in [2.24, 2.45) is 10.2 Å². The molecule has 0 aliphatic carbocycles. The number of anilines is 1. The molecule has 0 heterocycles. The molecule has 0 saturated heterocycles. The number of hydrogen-bond acceptors (Lipinski definition) is 7. The summed E-state index contributed by atoms with van der Waals surface area (Å²) in [6.07, 6.45) is 3.36. The number of aromatic hydroxyl groups is 2. The fraction of sp³-hybridized carbons (Fsp3) is 0.194. The van der Waals surface area contributed by atoms with E-state index < -0.39 is 0 Å². The minimum Gasteiger partial charge on any atom is -0.508 e. The van der Waals surface area contributed by atoms with E-state index in [1.165, 1.54) is 23.4 Å². The van der Waals surface area contributed by atoms with Gasteiger partial charge in [-0.15, -0.1) is 0 Å². The van der Waals surface area contributed by atoms with Gasteiger partial charge in [-0.05, 0) is 103 Å². The first-order chi connectivity index (χ1) is 21.2. The monoisotopic (exact) mass is 591 g/mol. The summed E-state index contributed by atoms with van der Waals surface area (Å²) < 4.78 is 0. The van der Waals surface area contributed by atoms with E-state index in [-0.39, 0.29) is 17.4 Å². The number of phenols is 2. The van der Waals surface area contributed by atoms with Crippen molar-refractivity contribution >= 4 is 29.7 Å². The predicted octanol–water partition coefficient (Wildman–Crippen LogP) is 7.11. The SMILES string of the molecule is C=C(N/N=C/c1ccc(C(C)C)cc1)c1ccc(O)cc1.CCN(CC)c1ccc(/C=N/NC(=O)c2ccc(O)cc2)cc1. The Morgan fingerprint density at radius 3 is 1.66 bits per heavy atom. The number of amides is 1. The van der Waals surface area contributed by atoms with Gasteiger partial charge < -0.3 is 15.1 Å². The van der Waals surface area contributed by atoms with Gasteiger partial charge in [-0.3, -0.25) is 10.2 Å². The molecule has 0 aromatic heterocycles. The molecule has 8 heteroatoms. The van der Waals surface area contributed by atoms with Crippen LogP contribution in [-0.4, -0.2) is 41.6 Å². The third-order valence-electron chi connectivity index (χ3n) is 6.76. The lowest BCUT2D eigenvalue weighted by atomic mass is 10.0. The van der Waals surface area contributed by atoms with Crippen molar-refractivity contribution in [2.75, 3.05) is 18.0 Å². The smallest absolute Gasteiger partial charge is 0.271 e. The van der Waals surface area contributed by atoms with Crippen LogP contribution in [0.1, 0.15) is 66.2 Å². The summed E-state index contributed by atoms with van der Waals surface area (Å²) in [4.78, 5) is 14.1. The van der Waals surface area contributed by atoms with E-state index in [2.05, 4.69) is 72.4 Å². The zero-order valence-corrected chi connectivity index (χ0v) is 25.7. The molecule has 1 amide bonds. The van der Waals surface area contributed by atoms with Gasteiger partial charge in [0.2, 0.25) is 0 Å². The third kappa shape index (κ3) is 10.5. The predicted molar refractivity (Wildman–Crippen MR) is 182 cm³/mol. The minimum absolute atomic E-state index is 0.123. The Labute approximate surface area is 260 Å². The molecule has 0 unspecified atom stereocenters. The molecule has 0 bridgehead atoms. The van der Waals surface area contributed by atoms with E-state index in [1.54, 1.807) is 48.8 Å². The van der Waals surface area contributed by atoms with Crippen LogP contribution in [0.4, 0.5) is 5.69 Å². The lowest BCUT2D eigenvalue weighted by Crippen LogP contribution is -2.21. The average molecular weight is 592 g/mol. The van der Waals surface area contributed by atoms with E-state index >= 15 is 0 Å². The van der Waals surface area contributed by atoms with E-state index in [4.69, 9.17) is 0 Å². The van der Waals surface area contributed by atoms with E-state index in [0.29, 0.717) is 17.2 Å². The van der Waals surface area contributed by atoms with Crippen LogP contribution in [0.5, 0.6) is 11.5 Å². The summed E-state index contributed by atoms with van der Waals surface area (Å²) in [6, 6.07) is 29.1. The molecule has 0 aliphatic heterocycles. The van der Waals surface area contributed by atoms with Gasteiger partial charge in [0.05, 0.1) is 18.1 Å². The highest BCUT2D eigenvalue weighted by atomic mass is 16.3. The minimum atomic E-state index is -0.319. The normalized spacial score (nSPS) is 10.8. The Morgan fingerprint density at radius 2 is 1.18 bits per heavy atom. The van der Waals surface area contributed by atoms with Gasteiger partial charge >= 0.3 is 0 Å². The van der Waals surface area contributed by atoms with Crippen molar-refractivity contribution in [2.45, 2.75) is 33.6 Å². The van der Waals surface area contributed by atoms with Gasteiger partial charge in [-0.25, -0.2) is 5.43 Å². The van der Waals surface area contributed by atoms with Gasteiger partial charge in [-0.2, -0.15) is 10.2 Å². The largest absolute Gasteiger partial charge is 0.508 e. The van der Waals surface area contributed by atoms with Crippen LogP contribution in [0.25, 0.3) is 5.70 Å². The molecule has 0 atom stereocenters. The summed E-state index contributed by atoms with van der Waals surface area (Å²) in [5.41, 5.74) is 11.8. The Balaban J connectivity index is 0.000000241. The second-order valence-corrected chi connectivity index (χ2v) is 10.2. The molecular weight excluding hydrogens is 550 g/mol. The number of hydrogen-bond donors (Lipinski definition) is 4. The third-order valence-corrected chi connectivity index (χ3v) is 6.76. The van der Waals surface area contributed by atoms with Gasteiger partial charge in [0, 0.05) is 24.3 Å². The van der Waals surface area contributed by atoms with Gasteiger partial charge in [0.15, 0.2) is 0 Å².